The van der Waals surface area contributed by atoms with Gasteiger partial charge in [0.25, 0.3) is 0 Å². The van der Waals surface area contributed by atoms with Gasteiger partial charge in [-0.2, -0.15) is 0 Å². The minimum atomic E-state index is -0.437. The lowest BCUT2D eigenvalue weighted by atomic mass is 9.89. The average Bonchev–Trinajstić information content (AvgIpc) is 2.82. The predicted molar refractivity (Wildman–Crippen MR) is 81.9 cm³/mol. The third-order valence-electron chi connectivity index (χ3n) is 3.74. The van der Waals surface area contributed by atoms with Gasteiger partial charge in [0.15, 0.2) is 0 Å². The highest BCUT2D eigenvalue weighted by atomic mass is 32.1. The second-order valence-electron chi connectivity index (χ2n) is 5.89. The van der Waals surface area contributed by atoms with Gasteiger partial charge in [-0.3, -0.25) is 0 Å². The van der Waals surface area contributed by atoms with Crippen molar-refractivity contribution < 1.29 is 9.84 Å². The van der Waals surface area contributed by atoms with E-state index in [1.807, 2.05) is 12.3 Å². The van der Waals surface area contributed by atoms with E-state index >= 15 is 0 Å². The van der Waals surface area contributed by atoms with E-state index < -0.39 is 6.10 Å². The van der Waals surface area contributed by atoms with Crippen LogP contribution in [0.3, 0.4) is 0 Å². The Morgan fingerprint density at radius 3 is 3.10 bits per heavy atom. The summed E-state index contributed by atoms with van der Waals surface area (Å²) in [5, 5.41) is 16.3. The molecule has 5 heteroatoms. The van der Waals surface area contributed by atoms with Crippen LogP contribution >= 0.6 is 11.3 Å². The van der Waals surface area contributed by atoms with E-state index in [0.29, 0.717) is 19.3 Å². The number of aromatic nitrogens is 1. The molecule has 2 rings (SSSR count). The monoisotopic (exact) mass is 298 g/mol. The van der Waals surface area contributed by atoms with Crippen molar-refractivity contribution in [2.24, 2.45) is 5.92 Å². The number of aryl methyl sites for hydroxylation is 1. The number of nitrogens with zero attached hydrogens (tertiary/aromatic N) is 1. The van der Waals surface area contributed by atoms with Crippen molar-refractivity contribution in [1.29, 1.82) is 0 Å². The van der Waals surface area contributed by atoms with Crippen LogP contribution in [-0.2, 0) is 11.3 Å². The van der Waals surface area contributed by atoms with Crippen LogP contribution in [0.4, 0.5) is 0 Å². The Morgan fingerprint density at radius 1 is 1.55 bits per heavy atom. The van der Waals surface area contributed by atoms with Gasteiger partial charge in [0.05, 0.1) is 18.8 Å². The fourth-order valence-electron chi connectivity index (χ4n) is 2.67. The zero-order valence-electron chi connectivity index (χ0n) is 12.5. The average molecular weight is 298 g/mol. The maximum Gasteiger partial charge on any atom is 0.107 e. The smallest absolute Gasteiger partial charge is 0.107 e. The molecule has 0 radical (unpaired) electrons. The Balaban J connectivity index is 1.57. The Kier molecular flexibility index (Phi) is 6.42. The molecule has 0 amide bonds. The number of aliphatic hydroxyl groups is 1. The molecule has 1 aromatic heterocycles. The standard InChI is InChI=1S/C15H26N2O2S/c1-11-4-3-5-14(6-11)19-9-13(18)7-16-8-15-17-12(2)10-20-15/h10-11,13-14,16,18H,3-9H2,1-2H3. The minimum Gasteiger partial charge on any atom is -0.389 e. The molecule has 1 fully saturated rings. The quantitative estimate of drug-likeness (QED) is 0.812. The lowest BCUT2D eigenvalue weighted by molar-refractivity contribution is -0.0306. The third-order valence-corrected chi connectivity index (χ3v) is 4.70. The van der Waals surface area contributed by atoms with E-state index in [4.69, 9.17) is 4.74 Å². The van der Waals surface area contributed by atoms with Crippen molar-refractivity contribution >= 4 is 11.3 Å². The second-order valence-corrected chi connectivity index (χ2v) is 6.84. The molecule has 0 spiro atoms. The van der Waals surface area contributed by atoms with Crippen molar-refractivity contribution in [3.8, 4) is 0 Å². The van der Waals surface area contributed by atoms with Crippen LogP contribution in [0.1, 0.15) is 43.3 Å². The highest BCUT2D eigenvalue weighted by molar-refractivity contribution is 7.09. The van der Waals surface area contributed by atoms with Gasteiger partial charge < -0.3 is 15.2 Å². The van der Waals surface area contributed by atoms with E-state index in [9.17, 15) is 5.11 Å². The summed E-state index contributed by atoms with van der Waals surface area (Å²) in [7, 11) is 0. The Morgan fingerprint density at radius 2 is 2.40 bits per heavy atom. The number of hydrogen-bond donors (Lipinski definition) is 2. The highest BCUT2D eigenvalue weighted by Gasteiger charge is 2.20. The number of rotatable bonds is 7. The lowest BCUT2D eigenvalue weighted by Gasteiger charge is -2.27. The molecule has 1 aliphatic rings. The van der Waals surface area contributed by atoms with Crippen molar-refractivity contribution in [3.05, 3.63) is 16.1 Å². The molecular weight excluding hydrogens is 272 g/mol. The van der Waals surface area contributed by atoms with Crippen molar-refractivity contribution in [3.63, 3.8) is 0 Å². The molecule has 0 saturated heterocycles. The summed E-state index contributed by atoms with van der Waals surface area (Å²) >= 11 is 1.65. The molecule has 0 aliphatic heterocycles. The summed E-state index contributed by atoms with van der Waals surface area (Å²) in [5.41, 5.74) is 1.06. The first-order chi connectivity index (χ1) is 9.63. The Labute approximate surface area is 125 Å². The first-order valence-corrected chi connectivity index (χ1v) is 8.43. The van der Waals surface area contributed by atoms with E-state index in [-0.39, 0.29) is 0 Å². The van der Waals surface area contributed by atoms with Gasteiger partial charge in [0, 0.05) is 24.2 Å². The molecule has 114 valence electrons. The molecule has 0 bridgehead atoms. The van der Waals surface area contributed by atoms with Crippen LogP contribution in [0.5, 0.6) is 0 Å². The molecule has 20 heavy (non-hydrogen) atoms. The number of aliphatic hydroxyl groups excluding tert-OH is 1. The van der Waals surface area contributed by atoms with E-state index in [2.05, 4.69) is 17.2 Å². The molecular formula is C15H26N2O2S. The van der Waals surface area contributed by atoms with Gasteiger partial charge >= 0.3 is 0 Å². The largest absolute Gasteiger partial charge is 0.389 e. The molecule has 1 aromatic rings. The normalized spacial score (nSPS) is 24.8. The van der Waals surface area contributed by atoms with Crippen LogP contribution in [0, 0.1) is 12.8 Å². The summed E-state index contributed by atoms with van der Waals surface area (Å²) in [4.78, 5) is 4.38. The van der Waals surface area contributed by atoms with Crippen LogP contribution in [0.25, 0.3) is 0 Å². The number of hydrogen-bond acceptors (Lipinski definition) is 5. The summed E-state index contributed by atoms with van der Waals surface area (Å²) in [6.07, 6.45) is 4.76. The molecule has 1 aliphatic carbocycles. The summed E-state index contributed by atoms with van der Waals surface area (Å²) in [6, 6.07) is 0. The lowest BCUT2D eigenvalue weighted by Crippen LogP contribution is -2.33. The Hall–Kier alpha value is -0.490. The molecule has 2 N–H and O–H groups in total. The number of nitrogens with one attached hydrogen (secondary N) is 1. The van der Waals surface area contributed by atoms with Gasteiger partial charge in [-0.05, 0) is 25.7 Å². The van der Waals surface area contributed by atoms with Crippen molar-refractivity contribution in [2.45, 2.75) is 58.3 Å². The molecule has 0 aromatic carbocycles. The van der Waals surface area contributed by atoms with Crippen LogP contribution < -0.4 is 5.32 Å². The fraction of sp³-hybridized carbons (Fsp3) is 0.800. The van der Waals surface area contributed by atoms with Crippen LogP contribution in [0.2, 0.25) is 0 Å². The topological polar surface area (TPSA) is 54.4 Å². The molecule has 1 saturated carbocycles. The SMILES string of the molecule is Cc1csc(CNCC(O)COC2CCCC(C)C2)n1. The minimum absolute atomic E-state index is 0.343. The zero-order chi connectivity index (χ0) is 14.4. The third kappa shape index (κ3) is 5.48. The Bertz CT molecular complexity index is 397. The van der Waals surface area contributed by atoms with Gasteiger partial charge in [0.1, 0.15) is 5.01 Å². The van der Waals surface area contributed by atoms with Gasteiger partial charge in [-0.1, -0.05) is 19.8 Å². The van der Waals surface area contributed by atoms with Gasteiger partial charge in [0.2, 0.25) is 0 Å². The first-order valence-electron chi connectivity index (χ1n) is 7.55. The van der Waals surface area contributed by atoms with Crippen LogP contribution in [0.15, 0.2) is 5.38 Å². The molecule has 1 heterocycles. The first kappa shape index (κ1) is 15.9. The predicted octanol–water partition coefficient (Wildman–Crippen LogP) is 2.50. The second kappa shape index (κ2) is 8.08. The maximum atomic E-state index is 9.92. The summed E-state index contributed by atoms with van der Waals surface area (Å²) in [6.45, 7) is 5.98. The molecule has 3 unspecified atom stereocenters. The van der Waals surface area contributed by atoms with Gasteiger partial charge in [-0.25, -0.2) is 4.98 Å². The maximum absolute atomic E-state index is 9.92. The number of ether oxygens (including phenoxy) is 1. The van der Waals surface area contributed by atoms with E-state index in [0.717, 1.165) is 36.0 Å². The molecule has 4 nitrogen and oxygen atoms in total. The fourth-order valence-corrected chi connectivity index (χ4v) is 3.41. The van der Waals surface area contributed by atoms with E-state index in [1.165, 1.54) is 12.8 Å². The van der Waals surface area contributed by atoms with Crippen molar-refractivity contribution in [2.75, 3.05) is 13.2 Å². The summed E-state index contributed by atoms with van der Waals surface area (Å²) < 4.78 is 5.82. The summed E-state index contributed by atoms with van der Waals surface area (Å²) in [5.74, 6) is 0.761. The van der Waals surface area contributed by atoms with E-state index in [1.54, 1.807) is 11.3 Å². The highest BCUT2D eigenvalue weighted by Crippen LogP contribution is 2.25. The molecule has 3 atom stereocenters. The van der Waals surface area contributed by atoms with Crippen LogP contribution in [-0.4, -0.2) is 35.5 Å². The van der Waals surface area contributed by atoms with Crippen molar-refractivity contribution in [1.82, 2.24) is 10.3 Å². The zero-order valence-corrected chi connectivity index (χ0v) is 13.3. The number of thiazole rings is 1. The van der Waals surface area contributed by atoms with Gasteiger partial charge in [-0.15, -0.1) is 11.3 Å².